The van der Waals surface area contributed by atoms with Crippen LogP contribution in [0.3, 0.4) is 0 Å². The van der Waals surface area contributed by atoms with E-state index in [9.17, 15) is 9.59 Å². The fourth-order valence-electron chi connectivity index (χ4n) is 2.50. The van der Waals surface area contributed by atoms with Crippen LogP contribution in [0, 0.1) is 3.57 Å². The number of nitrogens with one attached hydrogen (secondary N) is 1. The first-order valence-electron chi connectivity index (χ1n) is 7.14. The number of hydrogen-bond donors (Lipinski definition) is 1. The molecule has 0 radical (unpaired) electrons. The zero-order valence-corrected chi connectivity index (χ0v) is 14.4. The van der Waals surface area contributed by atoms with Crippen molar-refractivity contribution in [3.8, 4) is 11.5 Å². The highest BCUT2D eigenvalue weighted by Crippen LogP contribution is 2.33. The Kier molecular flexibility index (Phi) is 3.64. The quantitative estimate of drug-likeness (QED) is 0.448. The number of fused-ring (bicyclic) bond motifs is 1. The molecule has 0 aromatic heterocycles. The number of carbonyl (C=O) groups excluding carboxylic acids is 2. The number of anilines is 1. The van der Waals surface area contributed by atoms with Crippen LogP contribution in [0.5, 0.6) is 11.5 Å². The second-order valence-corrected chi connectivity index (χ2v) is 6.47. The molecule has 2 aromatic carbocycles. The monoisotopic (exact) mass is 434 g/mol. The Bertz CT molecular complexity index is 877. The van der Waals surface area contributed by atoms with E-state index in [0.717, 1.165) is 3.57 Å². The maximum Gasteiger partial charge on any atom is 0.282 e. The summed E-state index contributed by atoms with van der Waals surface area (Å²) in [7, 11) is 0. The standard InChI is InChI=1S/C17H11IN2O4/c18-11-2-4-12(5-3-11)20-17(22)13(16(21)19-20)7-10-1-6-14-15(8-10)24-9-23-14/h1-8H,9H2,(H,19,21)/b13-7+. The molecule has 0 unspecified atom stereocenters. The molecule has 24 heavy (non-hydrogen) atoms. The van der Waals surface area contributed by atoms with Gasteiger partial charge in [-0.2, -0.15) is 0 Å². The third-order valence-electron chi connectivity index (χ3n) is 3.68. The van der Waals surface area contributed by atoms with Crippen molar-refractivity contribution in [3.63, 3.8) is 0 Å². The summed E-state index contributed by atoms with van der Waals surface area (Å²) in [5, 5.41) is 1.25. The summed E-state index contributed by atoms with van der Waals surface area (Å²) in [6, 6.07) is 12.6. The average molecular weight is 434 g/mol. The minimum absolute atomic E-state index is 0.0763. The Balaban J connectivity index is 1.65. The van der Waals surface area contributed by atoms with E-state index in [2.05, 4.69) is 28.0 Å². The summed E-state index contributed by atoms with van der Waals surface area (Å²) in [6.07, 6.45) is 1.55. The number of halogens is 1. The summed E-state index contributed by atoms with van der Waals surface area (Å²) < 4.78 is 11.6. The maximum absolute atomic E-state index is 12.6. The van der Waals surface area contributed by atoms with Crippen molar-refractivity contribution in [2.45, 2.75) is 0 Å². The van der Waals surface area contributed by atoms with Crippen molar-refractivity contribution < 1.29 is 19.1 Å². The Morgan fingerprint density at radius 2 is 1.79 bits per heavy atom. The van der Waals surface area contributed by atoms with Crippen LogP contribution in [0.2, 0.25) is 0 Å². The van der Waals surface area contributed by atoms with Gasteiger partial charge in [-0.25, -0.2) is 5.01 Å². The average Bonchev–Trinajstić information content (AvgIpc) is 3.15. The third-order valence-corrected chi connectivity index (χ3v) is 4.40. The largest absolute Gasteiger partial charge is 0.454 e. The molecule has 0 saturated carbocycles. The molecule has 7 heteroatoms. The SMILES string of the molecule is O=C1NN(c2ccc(I)cc2)C(=O)/C1=C/c1ccc2c(c1)OCO2. The Hall–Kier alpha value is -2.55. The van der Waals surface area contributed by atoms with Crippen molar-refractivity contribution in [3.05, 3.63) is 57.2 Å². The van der Waals surface area contributed by atoms with Gasteiger partial charge in [0.2, 0.25) is 6.79 Å². The molecule has 1 fully saturated rings. The van der Waals surface area contributed by atoms with Crippen LogP contribution in [0.25, 0.3) is 6.08 Å². The zero-order chi connectivity index (χ0) is 16.7. The molecule has 1 N–H and O–H groups in total. The number of nitrogens with zero attached hydrogens (tertiary/aromatic N) is 1. The van der Waals surface area contributed by atoms with Gasteiger partial charge >= 0.3 is 0 Å². The van der Waals surface area contributed by atoms with E-state index in [1.165, 1.54) is 5.01 Å². The highest BCUT2D eigenvalue weighted by molar-refractivity contribution is 14.1. The zero-order valence-electron chi connectivity index (χ0n) is 12.3. The second-order valence-electron chi connectivity index (χ2n) is 5.23. The first-order chi connectivity index (χ1) is 11.6. The normalized spacial score (nSPS) is 17.5. The Morgan fingerprint density at radius 1 is 1.04 bits per heavy atom. The smallest absolute Gasteiger partial charge is 0.282 e. The van der Waals surface area contributed by atoms with E-state index in [1.807, 2.05) is 12.1 Å². The van der Waals surface area contributed by atoms with E-state index in [-0.39, 0.29) is 18.3 Å². The van der Waals surface area contributed by atoms with Crippen LogP contribution >= 0.6 is 22.6 Å². The van der Waals surface area contributed by atoms with Crippen LogP contribution in [0.4, 0.5) is 5.69 Å². The lowest BCUT2D eigenvalue weighted by Crippen LogP contribution is -2.35. The van der Waals surface area contributed by atoms with Crippen molar-refractivity contribution in [2.24, 2.45) is 0 Å². The van der Waals surface area contributed by atoms with Gasteiger partial charge in [0.25, 0.3) is 11.8 Å². The predicted molar refractivity (Wildman–Crippen MR) is 95.3 cm³/mol. The number of amides is 2. The van der Waals surface area contributed by atoms with Gasteiger partial charge in [-0.1, -0.05) is 6.07 Å². The fourth-order valence-corrected chi connectivity index (χ4v) is 2.86. The van der Waals surface area contributed by atoms with Crippen LogP contribution in [0.1, 0.15) is 5.56 Å². The first-order valence-corrected chi connectivity index (χ1v) is 8.22. The van der Waals surface area contributed by atoms with Gasteiger partial charge in [0, 0.05) is 3.57 Å². The third kappa shape index (κ3) is 2.60. The summed E-state index contributed by atoms with van der Waals surface area (Å²) in [5.41, 5.74) is 3.97. The molecule has 2 aliphatic heterocycles. The van der Waals surface area contributed by atoms with E-state index in [1.54, 1.807) is 36.4 Å². The highest BCUT2D eigenvalue weighted by Gasteiger charge is 2.34. The van der Waals surface area contributed by atoms with Gasteiger partial charge < -0.3 is 9.47 Å². The van der Waals surface area contributed by atoms with Crippen molar-refractivity contribution >= 4 is 46.2 Å². The molecule has 120 valence electrons. The lowest BCUT2D eigenvalue weighted by molar-refractivity contribution is -0.117. The van der Waals surface area contributed by atoms with Crippen LogP contribution in [-0.2, 0) is 9.59 Å². The summed E-state index contributed by atoms with van der Waals surface area (Å²) in [5.74, 6) is 0.430. The Morgan fingerprint density at radius 3 is 2.58 bits per heavy atom. The molecule has 2 amide bonds. The number of rotatable bonds is 2. The molecule has 1 saturated heterocycles. The van der Waals surface area contributed by atoms with E-state index in [4.69, 9.17) is 9.47 Å². The molecule has 0 atom stereocenters. The van der Waals surface area contributed by atoms with Gasteiger partial charge in [-0.15, -0.1) is 0 Å². The minimum Gasteiger partial charge on any atom is -0.454 e. The number of ether oxygens (including phenoxy) is 2. The van der Waals surface area contributed by atoms with Crippen molar-refractivity contribution in [1.82, 2.24) is 5.43 Å². The molecule has 6 nitrogen and oxygen atoms in total. The lowest BCUT2D eigenvalue weighted by atomic mass is 10.1. The predicted octanol–water partition coefficient (Wildman–Crippen LogP) is 2.48. The van der Waals surface area contributed by atoms with E-state index in [0.29, 0.717) is 22.7 Å². The van der Waals surface area contributed by atoms with E-state index < -0.39 is 5.91 Å². The van der Waals surface area contributed by atoms with Crippen molar-refractivity contribution in [2.75, 3.05) is 11.8 Å². The van der Waals surface area contributed by atoms with Gasteiger partial charge in [0.15, 0.2) is 11.5 Å². The first kappa shape index (κ1) is 15.0. The molecule has 0 bridgehead atoms. The molecule has 0 aliphatic carbocycles. The highest BCUT2D eigenvalue weighted by atomic mass is 127. The molecule has 4 rings (SSSR count). The molecule has 2 aliphatic rings. The van der Waals surface area contributed by atoms with Gasteiger partial charge in [0.1, 0.15) is 5.57 Å². The second kappa shape index (κ2) is 5.82. The van der Waals surface area contributed by atoms with Crippen LogP contribution in [0.15, 0.2) is 48.0 Å². The van der Waals surface area contributed by atoms with Crippen LogP contribution < -0.4 is 19.9 Å². The van der Waals surface area contributed by atoms with Gasteiger partial charge in [0.05, 0.1) is 5.69 Å². The number of carbonyl (C=O) groups is 2. The molecular weight excluding hydrogens is 423 g/mol. The van der Waals surface area contributed by atoms with Gasteiger partial charge in [-0.3, -0.25) is 15.0 Å². The molecular formula is C17H11IN2O4. The van der Waals surface area contributed by atoms with Crippen molar-refractivity contribution in [1.29, 1.82) is 0 Å². The number of hydrogen-bond acceptors (Lipinski definition) is 4. The molecule has 0 spiro atoms. The van der Waals surface area contributed by atoms with Gasteiger partial charge in [-0.05, 0) is 70.6 Å². The molecule has 2 aromatic rings. The minimum atomic E-state index is -0.434. The Labute approximate surface area is 151 Å². The fraction of sp³-hybridized carbons (Fsp3) is 0.0588. The van der Waals surface area contributed by atoms with Crippen LogP contribution in [-0.4, -0.2) is 18.6 Å². The van der Waals surface area contributed by atoms with E-state index >= 15 is 0 Å². The summed E-state index contributed by atoms with van der Waals surface area (Å²) in [6.45, 7) is 0.176. The summed E-state index contributed by atoms with van der Waals surface area (Å²) >= 11 is 2.18. The lowest BCUT2D eigenvalue weighted by Gasteiger charge is -2.14. The number of benzene rings is 2. The maximum atomic E-state index is 12.6. The number of hydrazine groups is 1. The molecule has 2 heterocycles. The topological polar surface area (TPSA) is 67.9 Å². The summed E-state index contributed by atoms with van der Waals surface area (Å²) in [4.78, 5) is 24.7.